The highest BCUT2D eigenvalue weighted by Gasteiger charge is 2.29. The molecule has 0 spiro atoms. The average Bonchev–Trinajstić information content (AvgIpc) is 3.53. The second kappa shape index (κ2) is 10.2. The fourth-order valence-electron chi connectivity index (χ4n) is 4.83. The number of halogens is 1. The summed E-state index contributed by atoms with van der Waals surface area (Å²) in [6, 6.07) is 6.17. The number of carbonyl (C=O) groups is 2. The number of carbonyl (C=O) groups excluding carboxylic acids is 2. The number of fused-ring (bicyclic) bond motifs is 1. The number of aromatic nitrogens is 2. The summed E-state index contributed by atoms with van der Waals surface area (Å²) in [6.07, 6.45) is 6.89. The van der Waals surface area contributed by atoms with Crippen LogP contribution in [0.25, 0.3) is 11.3 Å². The van der Waals surface area contributed by atoms with Crippen molar-refractivity contribution in [2.45, 2.75) is 25.3 Å². The van der Waals surface area contributed by atoms with Crippen LogP contribution in [0.5, 0.6) is 5.75 Å². The van der Waals surface area contributed by atoms with Gasteiger partial charge in [-0.1, -0.05) is 24.5 Å². The first-order valence-corrected chi connectivity index (χ1v) is 12.0. The number of amides is 2. The van der Waals surface area contributed by atoms with E-state index in [2.05, 4.69) is 39.0 Å². The maximum Gasteiger partial charge on any atom is 0.255 e. The highest BCUT2D eigenvalue weighted by molar-refractivity contribution is 6.06. The standard InChI is InChI=1S/C28H26FN5O3/c1-3-23(35)34-15-5-6-18(34)10-9-17-16-30-13-11-19(17)25-26(24-21(32-25)12-14-31-28(24)36)33-22-8-4-7-20(29)27(22)37-2/h3-4,7-8,11,13,16,18,32-33H,1,5-6,12,14-15H2,2H3,(H,31,36). The number of ether oxygens (including phenoxy) is 1. The van der Waals surface area contributed by atoms with Crippen molar-refractivity contribution >= 4 is 23.2 Å². The number of nitrogens with zero attached hydrogens (tertiary/aromatic N) is 2. The van der Waals surface area contributed by atoms with Crippen LogP contribution in [0.2, 0.25) is 0 Å². The molecule has 0 bridgehead atoms. The number of hydrogen-bond acceptors (Lipinski definition) is 5. The molecule has 2 aliphatic rings. The minimum absolute atomic E-state index is 0.0440. The predicted molar refractivity (Wildman–Crippen MR) is 138 cm³/mol. The maximum absolute atomic E-state index is 14.4. The predicted octanol–water partition coefficient (Wildman–Crippen LogP) is 3.78. The van der Waals surface area contributed by atoms with Crippen LogP contribution < -0.4 is 15.4 Å². The third-order valence-electron chi connectivity index (χ3n) is 6.57. The third-order valence-corrected chi connectivity index (χ3v) is 6.57. The number of H-pyrrole nitrogens is 1. The van der Waals surface area contributed by atoms with Gasteiger partial charge in [-0.05, 0) is 37.1 Å². The first-order valence-electron chi connectivity index (χ1n) is 12.0. The molecular weight excluding hydrogens is 473 g/mol. The van der Waals surface area contributed by atoms with E-state index in [1.807, 2.05) is 6.07 Å². The lowest BCUT2D eigenvalue weighted by Gasteiger charge is -2.18. The summed E-state index contributed by atoms with van der Waals surface area (Å²) < 4.78 is 19.7. The zero-order chi connectivity index (χ0) is 25.9. The van der Waals surface area contributed by atoms with Crippen LogP contribution in [-0.2, 0) is 11.2 Å². The Morgan fingerprint density at radius 1 is 1.38 bits per heavy atom. The summed E-state index contributed by atoms with van der Waals surface area (Å²) in [7, 11) is 1.39. The summed E-state index contributed by atoms with van der Waals surface area (Å²) in [5, 5.41) is 6.11. The normalized spacial score (nSPS) is 16.3. The van der Waals surface area contributed by atoms with Crippen molar-refractivity contribution in [2.75, 3.05) is 25.5 Å². The molecule has 3 N–H and O–H groups in total. The smallest absolute Gasteiger partial charge is 0.255 e. The summed E-state index contributed by atoms with van der Waals surface area (Å²) in [4.78, 5) is 34.5. The van der Waals surface area contributed by atoms with Gasteiger partial charge in [0.05, 0.1) is 41.3 Å². The van der Waals surface area contributed by atoms with Gasteiger partial charge >= 0.3 is 0 Å². The van der Waals surface area contributed by atoms with E-state index >= 15 is 0 Å². The number of hydrogen-bond donors (Lipinski definition) is 3. The molecule has 9 heteroatoms. The Bertz CT molecular complexity index is 1450. The number of likely N-dealkylation sites (tertiary alicyclic amines) is 1. The molecule has 4 heterocycles. The zero-order valence-corrected chi connectivity index (χ0v) is 20.4. The minimum atomic E-state index is -0.520. The van der Waals surface area contributed by atoms with Gasteiger partial charge in [0.2, 0.25) is 5.91 Å². The van der Waals surface area contributed by atoms with Gasteiger partial charge in [-0.2, -0.15) is 0 Å². The van der Waals surface area contributed by atoms with E-state index in [1.165, 1.54) is 19.3 Å². The van der Waals surface area contributed by atoms with Crippen LogP contribution in [0.15, 0.2) is 49.3 Å². The van der Waals surface area contributed by atoms with E-state index in [4.69, 9.17) is 4.74 Å². The number of aromatic amines is 1. The average molecular weight is 500 g/mol. The molecule has 188 valence electrons. The number of benzene rings is 1. The molecule has 1 atom stereocenters. The van der Waals surface area contributed by atoms with Gasteiger partial charge in [0.1, 0.15) is 0 Å². The Morgan fingerprint density at radius 3 is 3.05 bits per heavy atom. The molecular formula is C28H26FN5O3. The van der Waals surface area contributed by atoms with E-state index in [0.717, 1.165) is 24.1 Å². The summed E-state index contributed by atoms with van der Waals surface area (Å²) >= 11 is 0. The van der Waals surface area contributed by atoms with Gasteiger partial charge in [-0.25, -0.2) is 4.39 Å². The van der Waals surface area contributed by atoms with Crippen molar-refractivity contribution in [1.29, 1.82) is 0 Å². The van der Waals surface area contributed by atoms with Crippen LogP contribution in [0.1, 0.15) is 34.5 Å². The first-order chi connectivity index (χ1) is 18.0. The highest BCUT2D eigenvalue weighted by atomic mass is 19.1. The van der Waals surface area contributed by atoms with Crippen LogP contribution in [-0.4, -0.2) is 52.9 Å². The Kier molecular flexibility index (Phi) is 6.64. The lowest BCUT2D eigenvalue weighted by molar-refractivity contribution is -0.125. The Balaban J connectivity index is 1.61. The Labute approximate surface area is 213 Å². The highest BCUT2D eigenvalue weighted by Crippen LogP contribution is 2.40. The molecule has 2 aromatic heterocycles. The lowest BCUT2D eigenvalue weighted by Crippen LogP contribution is -2.33. The van der Waals surface area contributed by atoms with Crippen molar-refractivity contribution in [3.8, 4) is 28.8 Å². The molecule has 1 saturated heterocycles. The van der Waals surface area contributed by atoms with Gasteiger partial charge < -0.3 is 25.3 Å². The largest absolute Gasteiger partial charge is 0.492 e. The summed E-state index contributed by atoms with van der Waals surface area (Å²) in [5.74, 6) is 5.58. The van der Waals surface area contributed by atoms with Gasteiger partial charge in [0, 0.05) is 43.2 Å². The monoisotopic (exact) mass is 499 g/mol. The van der Waals surface area contributed by atoms with Crippen LogP contribution in [0, 0.1) is 17.7 Å². The van der Waals surface area contributed by atoms with E-state index in [1.54, 1.807) is 29.4 Å². The molecule has 0 aliphatic carbocycles. The molecule has 1 unspecified atom stereocenters. The molecule has 2 amide bonds. The topological polar surface area (TPSA) is 99.3 Å². The minimum Gasteiger partial charge on any atom is -0.492 e. The van der Waals surface area contributed by atoms with Crippen molar-refractivity contribution < 1.29 is 18.7 Å². The maximum atomic E-state index is 14.4. The van der Waals surface area contributed by atoms with Crippen molar-refractivity contribution in [3.63, 3.8) is 0 Å². The van der Waals surface area contributed by atoms with Gasteiger partial charge in [0.25, 0.3) is 5.91 Å². The molecule has 2 aliphatic heterocycles. The summed E-state index contributed by atoms with van der Waals surface area (Å²) in [6.45, 7) is 4.74. The first kappa shape index (κ1) is 24.1. The van der Waals surface area contributed by atoms with Gasteiger partial charge in [-0.15, -0.1) is 0 Å². The van der Waals surface area contributed by atoms with Crippen LogP contribution in [0.3, 0.4) is 0 Å². The van der Waals surface area contributed by atoms with Crippen molar-refractivity contribution in [2.24, 2.45) is 0 Å². The Morgan fingerprint density at radius 2 is 2.24 bits per heavy atom. The zero-order valence-electron chi connectivity index (χ0n) is 20.4. The molecule has 8 nitrogen and oxygen atoms in total. The lowest BCUT2D eigenvalue weighted by atomic mass is 10.0. The molecule has 0 saturated carbocycles. The number of pyridine rings is 1. The Hall–Kier alpha value is -4.58. The van der Waals surface area contributed by atoms with Crippen molar-refractivity contribution in [1.82, 2.24) is 20.2 Å². The van der Waals surface area contributed by atoms with Gasteiger partial charge in [0.15, 0.2) is 11.6 Å². The number of nitrogens with one attached hydrogen (secondary N) is 3. The molecule has 5 rings (SSSR count). The second-order valence-electron chi connectivity index (χ2n) is 8.76. The second-order valence-corrected chi connectivity index (χ2v) is 8.76. The SMILES string of the molecule is C=CC(=O)N1CCCC1C#Cc1cnccc1-c1[nH]c2c(c1Nc1cccc(F)c1OC)C(=O)NCC2. The molecule has 3 aromatic rings. The quantitative estimate of drug-likeness (QED) is 0.367. The molecule has 0 radical (unpaired) electrons. The van der Waals surface area contributed by atoms with Crippen LogP contribution >= 0.6 is 0 Å². The van der Waals surface area contributed by atoms with E-state index < -0.39 is 5.82 Å². The number of methoxy groups -OCH3 is 1. The van der Waals surface area contributed by atoms with Crippen molar-refractivity contribution in [3.05, 3.63) is 72.0 Å². The third kappa shape index (κ3) is 4.54. The molecule has 1 fully saturated rings. The van der Waals surface area contributed by atoms with E-state index in [-0.39, 0.29) is 23.6 Å². The number of anilines is 2. The van der Waals surface area contributed by atoms with Gasteiger partial charge in [-0.3, -0.25) is 14.6 Å². The fraction of sp³-hybridized carbons (Fsp3) is 0.250. The van der Waals surface area contributed by atoms with Crippen LogP contribution in [0.4, 0.5) is 15.8 Å². The fourth-order valence-corrected chi connectivity index (χ4v) is 4.83. The summed E-state index contributed by atoms with van der Waals surface area (Å²) in [5.41, 5.74) is 4.10. The molecule has 1 aromatic carbocycles. The number of rotatable bonds is 5. The number of para-hydroxylation sites is 1. The van der Waals surface area contributed by atoms with E-state index in [0.29, 0.717) is 47.7 Å². The van der Waals surface area contributed by atoms with E-state index in [9.17, 15) is 14.0 Å². The molecule has 37 heavy (non-hydrogen) atoms.